The molecule has 3 rings (SSSR count). The third kappa shape index (κ3) is 4.61. The van der Waals surface area contributed by atoms with Gasteiger partial charge in [-0.3, -0.25) is 4.79 Å². The van der Waals surface area contributed by atoms with E-state index in [2.05, 4.69) is 18.2 Å². The van der Waals surface area contributed by atoms with E-state index in [4.69, 9.17) is 0 Å². The van der Waals surface area contributed by atoms with Crippen LogP contribution in [0.5, 0.6) is 0 Å². The quantitative estimate of drug-likeness (QED) is 0.713. The number of aryl methyl sites for hydroxylation is 1. The van der Waals surface area contributed by atoms with Crippen LogP contribution in [0.15, 0.2) is 34.2 Å². The van der Waals surface area contributed by atoms with Crippen LogP contribution in [0.4, 0.5) is 0 Å². The van der Waals surface area contributed by atoms with E-state index in [9.17, 15) is 13.2 Å². The molecule has 2 aliphatic heterocycles. The molecule has 0 bridgehead atoms. The zero-order valence-electron chi connectivity index (χ0n) is 18.5. The Kier molecular flexibility index (Phi) is 7.01. The van der Waals surface area contributed by atoms with Crippen molar-refractivity contribution in [3.8, 4) is 0 Å². The molecular weight excluding hydrogens is 398 g/mol. The van der Waals surface area contributed by atoms with Gasteiger partial charge in [-0.1, -0.05) is 51.5 Å². The average Bonchev–Trinajstić information content (AvgIpc) is 2.88. The normalized spacial score (nSPS) is 20.2. The number of nitrogens with zero attached hydrogens (tertiary/aromatic N) is 3. The summed E-state index contributed by atoms with van der Waals surface area (Å²) in [4.78, 5) is 16.9. The number of carbonyl (C=O) groups is 1. The predicted molar refractivity (Wildman–Crippen MR) is 122 cm³/mol. The van der Waals surface area contributed by atoms with Crippen LogP contribution in [0.3, 0.4) is 0 Å². The molecule has 0 unspecified atom stereocenters. The summed E-state index contributed by atoms with van der Waals surface area (Å²) in [5, 5.41) is 0. The van der Waals surface area contributed by atoms with Crippen molar-refractivity contribution < 1.29 is 13.2 Å². The second-order valence-corrected chi connectivity index (χ2v) is 9.79. The average molecular weight is 432 g/mol. The second-order valence-electron chi connectivity index (χ2n) is 8.25. The number of hydrogen-bond acceptors (Lipinski definition) is 4. The first-order valence-corrected chi connectivity index (χ1v) is 12.4. The van der Waals surface area contributed by atoms with Crippen molar-refractivity contribution >= 4 is 26.7 Å². The zero-order valence-corrected chi connectivity index (χ0v) is 19.3. The van der Waals surface area contributed by atoms with Gasteiger partial charge in [0.25, 0.3) is 10.0 Å². The maximum absolute atomic E-state index is 12.9. The summed E-state index contributed by atoms with van der Waals surface area (Å²) in [6.45, 7) is 10.6. The molecule has 0 aliphatic carbocycles. The van der Waals surface area contributed by atoms with Crippen molar-refractivity contribution in [1.82, 2.24) is 9.80 Å². The Bertz CT molecular complexity index is 948. The van der Waals surface area contributed by atoms with Crippen molar-refractivity contribution in [2.24, 2.45) is 10.3 Å². The van der Waals surface area contributed by atoms with Gasteiger partial charge in [0.15, 0.2) is 0 Å². The van der Waals surface area contributed by atoms with Gasteiger partial charge >= 0.3 is 0 Å². The minimum atomic E-state index is -3.72. The number of sulfonamides is 1. The zero-order chi connectivity index (χ0) is 21.9. The van der Waals surface area contributed by atoms with Gasteiger partial charge in [0.05, 0.1) is 0 Å². The van der Waals surface area contributed by atoms with Crippen LogP contribution in [-0.4, -0.2) is 56.1 Å². The lowest BCUT2D eigenvalue weighted by Crippen LogP contribution is -2.39. The summed E-state index contributed by atoms with van der Waals surface area (Å²) in [6, 6.07) is 7.67. The molecule has 1 aromatic carbocycles. The van der Waals surface area contributed by atoms with Crippen molar-refractivity contribution in [3.63, 3.8) is 0 Å². The van der Waals surface area contributed by atoms with E-state index in [0.717, 1.165) is 25.7 Å². The van der Waals surface area contributed by atoms with Gasteiger partial charge in [0.2, 0.25) is 5.91 Å². The topological polar surface area (TPSA) is 70.1 Å². The molecule has 2 aliphatic rings. The lowest BCUT2D eigenvalue weighted by molar-refractivity contribution is -0.135. The summed E-state index contributed by atoms with van der Waals surface area (Å²) in [5.41, 5.74) is 2.55. The predicted octanol–water partition coefficient (Wildman–Crippen LogP) is 3.69. The standard InChI is InChI=1S/C23H33N3O3S/c1-5-8-17(3)23(27)26-14-7-13-25(15-16-26)22-18(4)21(30(28,29)24-22)20-11-9-19(6-2)10-12-20/h9-12,17H,5-8,13-16H2,1-4H3/t17-/m1/s1. The summed E-state index contributed by atoms with van der Waals surface area (Å²) in [5.74, 6) is 0.759. The number of benzene rings is 1. The molecule has 7 heteroatoms. The fraction of sp³-hybridized carbons (Fsp3) is 0.565. The maximum atomic E-state index is 12.9. The molecule has 1 aromatic rings. The fourth-order valence-electron chi connectivity index (χ4n) is 4.29. The first-order valence-electron chi connectivity index (χ1n) is 11.0. The highest BCUT2D eigenvalue weighted by atomic mass is 32.2. The number of rotatable bonds is 5. The molecule has 1 fully saturated rings. The molecule has 6 nitrogen and oxygen atoms in total. The van der Waals surface area contributed by atoms with Gasteiger partial charge in [-0.15, -0.1) is 4.40 Å². The summed E-state index contributed by atoms with van der Waals surface area (Å²) >= 11 is 0. The number of amidine groups is 1. The summed E-state index contributed by atoms with van der Waals surface area (Å²) in [7, 11) is -3.72. The molecule has 0 saturated carbocycles. The van der Waals surface area contributed by atoms with E-state index < -0.39 is 10.0 Å². The Morgan fingerprint density at radius 1 is 1.10 bits per heavy atom. The van der Waals surface area contributed by atoms with E-state index in [0.29, 0.717) is 48.1 Å². The summed E-state index contributed by atoms with van der Waals surface area (Å²) < 4.78 is 29.9. The molecule has 0 radical (unpaired) electrons. The highest BCUT2D eigenvalue weighted by Crippen LogP contribution is 2.34. The van der Waals surface area contributed by atoms with Crippen LogP contribution in [-0.2, 0) is 21.2 Å². The second kappa shape index (κ2) is 9.33. The first kappa shape index (κ1) is 22.5. The lowest BCUT2D eigenvalue weighted by atomic mass is 10.0. The van der Waals surface area contributed by atoms with Crippen LogP contribution in [0.2, 0.25) is 0 Å². The Hall–Kier alpha value is -2.15. The van der Waals surface area contributed by atoms with E-state index in [1.54, 1.807) is 0 Å². The number of hydrogen-bond donors (Lipinski definition) is 0. The van der Waals surface area contributed by atoms with Gasteiger partial charge in [-0.2, -0.15) is 8.42 Å². The van der Waals surface area contributed by atoms with E-state index in [1.165, 1.54) is 5.56 Å². The lowest BCUT2D eigenvalue weighted by Gasteiger charge is -2.25. The van der Waals surface area contributed by atoms with Crippen molar-refractivity contribution in [2.45, 2.75) is 53.4 Å². The molecule has 1 saturated heterocycles. The third-order valence-corrected chi connectivity index (χ3v) is 7.49. The first-order chi connectivity index (χ1) is 14.3. The third-order valence-electron chi connectivity index (χ3n) is 6.02. The molecule has 30 heavy (non-hydrogen) atoms. The minimum absolute atomic E-state index is 0.0325. The van der Waals surface area contributed by atoms with Crippen molar-refractivity contribution in [3.05, 3.63) is 41.0 Å². The van der Waals surface area contributed by atoms with Crippen LogP contribution in [0, 0.1) is 5.92 Å². The van der Waals surface area contributed by atoms with Crippen molar-refractivity contribution in [1.29, 1.82) is 0 Å². The van der Waals surface area contributed by atoms with Crippen LogP contribution < -0.4 is 0 Å². The number of carbonyl (C=O) groups excluding carboxylic acids is 1. The molecule has 1 atom stereocenters. The van der Waals surface area contributed by atoms with E-state index in [-0.39, 0.29) is 11.8 Å². The van der Waals surface area contributed by atoms with Crippen molar-refractivity contribution in [2.75, 3.05) is 26.2 Å². The van der Waals surface area contributed by atoms with Crippen LogP contribution in [0.1, 0.15) is 58.1 Å². The molecule has 0 N–H and O–H groups in total. The molecule has 0 aromatic heterocycles. The van der Waals surface area contributed by atoms with E-state index in [1.807, 2.05) is 47.9 Å². The molecule has 2 heterocycles. The number of amides is 1. The van der Waals surface area contributed by atoms with Gasteiger partial charge in [-0.05, 0) is 37.3 Å². The fourth-order valence-corrected chi connectivity index (χ4v) is 5.78. The Morgan fingerprint density at radius 3 is 2.43 bits per heavy atom. The van der Waals surface area contributed by atoms with Gasteiger partial charge in [-0.25, -0.2) is 0 Å². The van der Waals surface area contributed by atoms with Crippen LogP contribution in [0.25, 0.3) is 4.91 Å². The SMILES string of the molecule is CCC[C@@H](C)C(=O)N1CCCN(C2=NS(=O)(=O)C(c3ccc(CC)cc3)=C2C)CC1. The smallest absolute Gasteiger partial charge is 0.285 e. The maximum Gasteiger partial charge on any atom is 0.285 e. The Morgan fingerprint density at radius 2 is 1.80 bits per heavy atom. The molecule has 1 amide bonds. The highest BCUT2D eigenvalue weighted by molar-refractivity contribution is 8.00. The monoisotopic (exact) mass is 431 g/mol. The molecular formula is C23H33N3O3S. The largest absolute Gasteiger partial charge is 0.354 e. The van der Waals surface area contributed by atoms with E-state index >= 15 is 0 Å². The molecule has 164 valence electrons. The van der Waals surface area contributed by atoms with Crippen LogP contribution >= 0.6 is 0 Å². The van der Waals surface area contributed by atoms with Gasteiger partial charge in [0.1, 0.15) is 10.7 Å². The Balaban J connectivity index is 1.80. The molecule has 0 spiro atoms. The Labute approximate surface area is 180 Å². The highest BCUT2D eigenvalue weighted by Gasteiger charge is 2.34. The van der Waals surface area contributed by atoms with Gasteiger partial charge < -0.3 is 9.80 Å². The van der Waals surface area contributed by atoms with Gasteiger partial charge in [0, 0.05) is 37.7 Å². The minimum Gasteiger partial charge on any atom is -0.354 e. The summed E-state index contributed by atoms with van der Waals surface area (Å²) in [6.07, 6.45) is 3.60.